The van der Waals surface area contributed by atoms with Crippen molar-refractivity contribution in [2.24, 2.45) is 0 Å². The van der Waals surface area contributed by atoms with Crippen molar-refractivity contribution < 1.29 is 9.53 Å². The van der Waals surface area contributed by atoms with Gasteiger partial charge < -0.3 is 4.74 Å². The van der Waals surface area contributed by atoms with Gasteiger partial charge in [0.25, 0.3) is 0 Å². The van der Waals surface area contributed by atoms with E-state index < -0.39 is 0 Å². The van der Waals surface area contributed by atoms with Crippen molar-refractivity contribution in [2.75, 3.05) is 0 Å². The number of carbonyl (C=O) groups is 1. The number of nitrogens with zero attached hydrogens (tertiary/aromatic N) is 1. The van der Waals surface area contributed by atoms with Crippen molar-refractivity contribution in [3.63, 3.8) is 0 Å². The monoisotopic (exact) mass is 259 g/mol. The zero-order valence-corrected chi connectivity index (χ0v) is 11.4. The lowest BCUT2D eigenvalue weighted by Gasteiger charge is -2.38. The molecule has 1 heterocycles. The maximum Gasteiger partial charge on any atom is 0.410 e. The predicted octanol–water partition coefficient (Wildman–Crippen LogP) is 3.75. The normalized spacial score (nSPS) is 22.9. The Morgan fingerprint density at radius 2 is 2.16 bits per heavy atom. The molecule has 0 aliphatic carbocycles. The van der Waals surface area contributed by atoms with Gasteiger partial charge in [0, 0.05) is 6.04 Å². The fourth-order valence-corrected chi connectivity index (χ4v) is 2.57. The first-order valence-corrected chi connectivity index (χ1v) is 6.84. The molecule has 0 saturated carbocycles. The van der Waals surface area contributed by atoms with Gasteiger partial charge in [-0.05, 0) is 31.7 Å². The third-order valence-electron chi connectivity index (χ3n) is 3.64. The molecule has 1 aliphatic rings. The summed E-state index contributed by atoms with van der Waals surface area (Å²) >= 11 is 0. The van der Waals surface area contributed by atoms with Crippen molar-refractivity contribution in [1.29, 1.82) is 0 Å². The number of likely N-dealkylation sites (tertiary alicyclic amines) is 1. The van der Waals surface area contributed by atoms with E-state index in [0.717, 1.165) is 24.8 Å². The number of hydrogen-bond acceptors (Lipinski definition) is 2. The molecule has 1 aliphatic heterocycles. The summed E-state index contributed by atoms with van der Waals surface area (Å²) in [5.74, 6) is 0. The highest BCUT2D eigenvalue weighted by molar-refractivity contribution is 5.69. The van der Waals surface area contributed by atoms with Gasteiger partial charge >= 0.3 is 6.09 Å². The van der Waals surface area contributed by atoms with Crippen LogP contribution in [0.1, 0.15) is 31.7 Å². The van der Waals surface area contributed by atoms with E-state index in [0.29, 0.717) is 6.61 Å². The number of carbonyl (C=O) groups excluding carboxylic acids is 1. The zero-order chi connectivity index (χ0) is 13.7. The number of ether oxygens (including phenoxy) is 1. The summed E-state index contributed by atoms with van der Waals surface area (Å²) in [6.07, 6.45) is 4.76. The van der Waals surface area contributed by atoms with Crippen molar-refractivity contribution in [1.82, 2.24) is 4.90 Å². The van der Waals surface area contributed by atoms with Gasteiger partial charge in [0.15, 0.2) is 0 Å². The van der Waals surface area contributed by atoms with Gasteiger partial charge in [-0.3, -0.25) is 4.90 Å². The Morgan fingerprint density at radius 1 is 1.42 bits per heavy atom. The number of benzene rings is 1. The highest BCUT2D eigenvalue weighted by Crippen LogP contribution is 2.24. The Bertz CT molecular complexity index is 430. The van der Waals surface area contributed by atoms with E-state index >= 15 is 0 Å². The molecule has 0 radical (unpaired) electrons. The van der Waals surface area contributed by atoms with E-state index in [-0.39, 0.29) is 18.2 Å². The highest BCUT2D eigenvalue weighted by Gasteiger charge is 2.30. The number of rotatable bonds is 3. The minimum atomic E-state index is -0.235. The smallest absolute Gasteiger partial charge is 0.410 e. The fraction of sp³-hybridized carbons (Fsp3) is 0.438. The van der Waals surface area contributed by atoms with Gasteiger partial charge in [0.2, 0.25) is 0 Å². The third kappa shape index (κ3) is 3.37. The molecule has 1 fully saturated rings. The summed E-state index contributed by atoms with van der Waals surface area (Å²) in [4.78, 5) is 14.0. The third-order valence-corrected chi connectivity index (χ3v) is 3.64. The van der Waals surface area contributed by atoms with Gasteiger partial charge in [0.05, 0.1) is 6.04 Å². The van der Waals surface area contributed by atoms with Crippen molar-refractivity contribution in [2.45, 2.75) is 44.9 Å². The molecule has 2 rings (SSSR count). The van der Waals surface area contributed by atoms with Crippen LogP contribution in [0.15, 0.2) is 43.0 Å². The first-order chi connectivity index (χ1) is 9.22. The van der Waals surface area contributed by atoms with Crippen LogP contribution in [-0.2, 0) is 11.3 Å². The second-order valence-corrected chi connectivity index (χ2v) is 5.03. The zero-order valence-electron chi connectivity index (χ0n) is 11.4. The van der Waals surface area contributed by atoms with E-state index in [2.05, 4.69) is 13.5 Å². The quantitative estimate of drug-likeness (QED) is 0.774. The highest BCUT2D eigenvalue weighted by atomic mass is 16.6. The first-order valence-electron chi connectivity index (χ1n) is 6.84. The number of hydrogen-bond donors (Lipinski definition) is 0. The molecule has 0 N–H and O–H groups in total. The number of piperidine rings is 1. The van der Waals surface area contributed by atoms with E-state index in [4.69, 9.17) is 4.74 Å². The van der Waals surface area contributed by atoms with Gasteiger partial charge in [-0.25, -0.2) is 4.79 Å². The van der Waals surface area contributed by atoms with E-state index in [1.165, 1.54) is 0 Å². The largest absolute Gasteiger partial charge is 0.445 e. The lowest BCUT2D eigenvalue weighted by atomic mass is 9.97. The molecule has 1 aromatic rings. The Labute approximate surface area is 114 Å². The van der Waals surface area contributed by atoms with Crippen molar-refractivity contribution in [3.05, 3.63) is 48.6 Å². The average molecular weight is 259 g/mol. The van der Waals surface area contributed by atoms with Crippen LogP contribution < -0.4 is 0 Å². The molecule has 3 nitrogen and oxygen atoms in total. The van der Waals surface area contributed by atoms with Gasteiger partial charge in [-0.15, -0.1) is 6.58 Å². The minimum absolute atomic E-state index is 0.104. The molecular formula is C16H21NO2. The minimum Gasteiger partial charge on any atom is -0.445 e. The molecule has 102 valence electrons. The molecule has 2 atom stereocenters. The Balaban J connectivity index is 1.96. The molecule has 1 saturated heterocycles. The molecule has 1 aromatic carbocycles. The molecular weight excluding hydrogens is 238 g/mol. The van der Waals surface area contributed by atoms with Crippen LogP contribution in [0.4, 0.5) is 4.79 Å². The summed E-state index contributed by atoms with van der Waals surface area (Å²) in [5.41, 5.74) is 1.01. The number of amides is 1. The fourth-order valence-electron chi connectivity index (χ4n) is 2.57. The first kappa shape index (κ1) is 13.7. The van der Waals surface area contributed by atoms with Gasteiger partial charge in [-0.1, -0.05) is 36.4 Å². The Kier molecular flexibility index (Phi) is 4.61. The Hall–Kier alpha value is -1.77. The van der Waals surface area contributed by atoms with Crippen LogP contribution in [0.2, 0.25) is 0 Å². The second kappa shape index (κ2) is 6.41. The molecule has 3 heteroatoms. The maximum absolute atomic E-state index is 12.2. The molecule has 0 unspecified atom stereocenters. The van der Waals surface area contributed by atoms with E-state index in [1.54, 1.807) is 0 Å². The van der Waals surface area contributed by atoms with Crippen LogP contribution in [0.5, 0.6) is 0 Å². The van der Waals surface area contributed by atoms with Gasteiger partial charge in [0.1, 0.15) is 6.61 Å². The topological polar surface area (TPSA) is 29.5 Å². The average Bonchev–Trinajstić information content (AvgIpc) is 2.45. The SMILES string of the molecule is C=C[C@@H]1CCC[C@H](C)N1C(=O)OCc1ccccc1. The summed E-state index contributed by atoms with van der Waals surface area (Å²) in [6.45, 7) is 6.22. The van der Waals surface area contributed by atoms with Crippen LogP contribution in [0, 0.1) is 0 Å². The van der Waals surface area contributed by atoms with E-state index in [9.17, 15) is 4.79 Å². The second-order valence-electron chi connectivity index (χ2n) is 5.03. The van der Waals surface area contributed by atoms with Crippen LogP contribution in [0.3, 0.4) is 0 Å². The van der Waals surface area contributed by atoms with Crippen LogP contribution in [-0.4, -0.2) is 23.1 Å². The summed E-state index contributed by atoms with van der Waals surface area (Å²) in [5, 5.41) is 0. The standard InChI is InChI=1S/C16H21NO2/c1-3-15-11-7-8-13(2)17(15)16(18)19-12-14-9-5-4-6-10-14/h3-6,9-10,13,15H,1,7-8,11-12H2,2H3/t13-,15+/m0/s1. The van der Waals surface area contributed by atoms with E-state index in [1.807, 2.05) is 41.3 Å². The molecule has 19 heavy (non-hydrogen) atoms. The molecule has 0 aromatic heterocycles. The lowest BCUT2D eigenvalue weighted by Crippen LogP contribution is -2.48. The van der Waals surface area contributed by atoms with Crippen molar-refractivity contribution in [3.8, 4) is 0 Å². The van der Waals surface area contributed by atoms with Gasteiger partial charge in [-0.2, -0.15) is 0 Å². The molecule has 1 amide bonds. The lowest BCUT2D eigenvalue weighted by molar-refractivity contribution is 0.0574. The summed E-state index contributed by atoms with van der Waals surface area (Å²) in [6, 6.07) is 10.1. The predicted molar refractivity (Wildman–Crippen MR) is 75.8 cm³/mol. The molecule has 0 bridgehead atoms. The summed E-state index contributed by atoms with van der Waals surface area (Å²) < 4.78 is 5.41. The van der Waals surface area contributed by atoms with Crippen LogP contribution in [0.25, 0.3) is 0 Å². The van der Waals surface area contributed by atoms with Crippen molar-refractivity contribution >= 4 is 6.09 Å². The maximum atomic E-state index is 12.2. The Morgan fingerprint density at radius 3 is 2.84 bits per heavy atom. The van der Waals surface area contributed by atoms with Crippen LogP contribution >= 0.6 is 0 Å². The molecule has 0 spiro atoms. The summed E-state index contributed by atoms with van der Waals surface area (Å²) in [7, 11) is 0.